The van der Waals surface area contributed by atoms with Crippen molar-refractivity contribution < 1.29 is 4.74 Å². The molecule has 0 aromatic heterocycles. The zero-order valence-corrected chi connectivity index (χ0v) is 12.0. The topological polar surface area (TPSA) is 24.5 Å². The maximum Gasteiger partial charge on any atom is 0.0930 e. The minimum absolute atomic E-state index is 0.0270. The molecule has 1 saturated heterocycles. The van der Waals surface area contributed by atoms with Gasteiger partial charge in [-0.15, -0.1) is 0 Å². The van der Waals surface area contributed by atoms with Crippen LogP contribution in [0.25, 0.3) is 0 Å². The number of hydrogen-bond acceptors (Lipinski definition) is 3. The van der Waals surface area contributed by atoms with Crippen molar-refractivity contribution in [1.82, 2.24) is 10.2 Å². The fourth-order valence-electron chi connectivity index (χ4n) is 3.09. The number of ether oxygens (including phenoxy) is 1. The molecule has 3 rings (SSSR count). The molecule has 0 amide bonds. The van der Waals surface area contributed by atoms with E-state index < -0.39 is 0 Å². The Balaban J connectivity index is 1.78. The summed E-state index contributed by atoms with van der Waals surface area (Å²) in [5, 5.41) is 3.41. The highest BCUT2D eigenvalue weighted by atomic mass is 16.5. The maximum atomic E-state index is 5.69. The fourth-order valence-corrected chi connectivity index (χ4v) is 3.09. The van der Waals surface area contributed by atoms with E-state index in [1.807, 2.05) is 7.11 Å². The Morgan fingerprint density at radius 1 is 1.26 bits per heavy atom. The number of nitrogens with one attached hydrogen (secondary N) is 1. The first-order valence-corrected chi connectivity index (χ1v) is 7.35. The van der Waals surface area contributed by atoms with Crippen LogP contribution in [0.2, 0.25) is 0 Å². The Hall–Kier alpha value is -0.900. The van der Waals surface area contributed by atoms with Gasteiger partial charge in [0.25, 0.3) is 0 Å². The zero-order chi connectivity index (χ0) is 13.3. The number of methoxy groups -OCH3 is 1. The van der Waals surface area contributed by atoms with Gasteiger partial charge >= 0.3 is 0 Å². The van der Waals surface area contributed by atoms with Crippen molar-refractivity contribution in [1.29, 1.82) is 0 Å². The van der Waals surface area contributed by atoms with E-state index in [9.17, 15) is 0 Å². The first kappa shape index (κ1) is 13.1. The number of benzene rings is 1. The highest BCUT2D eigenvalue weighted by molar-refractivity contribution is 5.33. The third-order valence-electron chi connectivity index (χ3n) is 4.69. The van der Waals surface area contributed by atoms with Crippen LogP contribution in [0.4, 0.5) is 0 Å². The van der Waals surface area contributed by atoms with Crippen LogP contribution in [0.1, 0.15) is 36.9 Å². The van der Waals surface area contributed by atoms with Gasteiger partial charge in [-0.2, -0.15) is 0 Å². The fraction of sp³-hybridized carbons (Fsp3) is 0.625. The molecule has 1 aromatic carbocycles. The van der Waals surface area contributed by atoms with E-state index in [0.717, 1.165) is 39.0 Å². The first-order chi connectivity index (χ1) is 9.25. The SMILES string of the molecule is COC1(c2cccc(C(C)N3CCNCC3)c2)CC1. The second kappa shape index (κ2) is 5.23. The third kappa shape index (κ3) is 2.55. The number of nitrogens with zero attached hydrogens (tertiary/aromatic N) is 1. The van der Waals surface area contributed by atoms with Crippen molar-refractivity contribution in [2.45, 2.75) is 31.4 Å². The Morgan fingerprint density at radius 2 is 2.00 bits per heavy atom. The molecule has 1 saturated carbocycles. The summed E-state index contributed by atoms with van der Waals surface area (Å²) in [5.41, 5.74) is 2.80. The predicted molar refractivity (Wildman–Crippen MR) is 77.2 cm³/mol. The van der Waals surface area contributed by atoms with Gasteiger partial charge in [-0.05, 0) is 30.9 Å². The van der Waals surface area contributed by atoms with Gasteiger partial charge in [0.2, 0.25) is 0 Å². The predicted octanol–water partition coefficient (Wildman–Crippen LogP) is 2.29. The molecule has 1 aliphatic heterocycles. The molecule has 2 aliphatic rings. The third-order valence-corrected chi connectivity index (χ3v) is 4.69. The van der Waals surface area contributed by atoms with Gasteiger partial charge in [0.15, 0.2) is 0 Å². The van der Waals surface area contributed by atoms with Crippen LogP contribution in [0.15, 0.2) is 24.3 Å². The lowest BCUT2D eigenvalue weighted by Crippen LogP contribution is -2.44. The quantitative estimate of drug-likeness (QED) is 0.899. The van der Waals surface area contributed by atoms with Crippen molar-refractivity contribution in [3.05, 3.63) is 35.4 Å². The van der Waals surface area contributed by atoms with Crippen LogP contribution in [0, 0.1) is 0 Å². The molecule has 0 spiro atoms. The molecule has 1 aromatic rings. The lowest BCUT2D eigenvalue weighted by Gasteiger charge is -2.33. The number of hydrogen-bond donors (Lipinski definition) is 1. The molecule has 1 heterocycles. The summed E-state index contributed by atoms with van der Waals surface area (Å²) in [7, 11) is 1.83. The summed E-state index contributed by atoms with van der Waals surface area (Å²) in [6.45, 7) is 6.80. The summed E-state index contributed by atoms with van der Waals surface area (Å²) < 4.78 is 5.69. The molecule has 2 fully saturated rings. The van der Waals surface area contributed by atoms with Crippen molar-refractivity contribution in [2.24, 2.45) is 0 Å². The molecule has 1 N–H and O–H groups in total. The highest BCUT2D eigenvalue weighted by Crippen LogP contribution is 2.49. The monoisotopic (exact) mass is 260 g/mol. The van der Waals surface area contributed by atoms with Crippen molar-refractivity contribution in [2.75, 3.05) is 33.3 Å². The molecule has 3 nitrogen and oxygen atoms in total. The Labute approximate surface area is 115 Å². The molecule has 104 valence electrons. The molecule has 1 atom stereocenters. The van der Waals surface area contributed by atoms with Crippen LogP contribution in [-0.4, -0.2) is 38.2 Å². The molecule has 1 aliphatic carbocycles. The van der Waals surface area contributed by atoms with Gasteiger partial charge < -0.3 is 10.1 Å². The van der Waals surface area contributed by atoms with Gasteiger partial charge in [-0.3, -0.25) is 4.90 Å². The Bertz CT molecular complexity index is 436. The lowest BCUT2D eigenvalue weighted by atomic mass is 9.99. The molecule has 3 heteroatoms. The van der Waals surface area contributed by atoms with Gasteiger partial charge in [0, 0.05) is 39.3 Å². The minimum atomic E-state index is 0.0270. The van der Waals surface area contributed by atoms with Crippen molar-refractivity contribution in [3.63, 3.8) is 0 Å². The zero-order valence-electron chi connectivity index (χ0n) is 12.0. The van der Waals surface area contributed by atoms with Crippen LogP contribution in [-0.2, 0) is 10.3 Å². The van der Waals surface area contributed by atoms with E-state index in [-0.39, 0.29) is 5.60 Å². The van der Waals surface area contributed by atoms with Crippen LogP contribution >= 0.6 is 0 Å². The minimum Gasteiger partial charge on any atom is -0.374 e. The van der Waals surface area contributed by atoms with E-state index in [0.29, 0.717) is 6.04 Å². The van der Waals surface area contributed by atoms with E-state index in [4.69, 9.17) is 4.74 Å². The largest absolute Gasteiger partial charge is 0.374 e. The van der Waals surface area contributed by atoms with Gasteiger partial charge in [0.05, 0.1) is 5.60 Å². The van der Waals surface area contributed by atoms with E-state index >= 15 is 0 Å². The molecule has 0 radical (unpaired) electrons. The van der Waals surface area contributed by atoms with E-state index in [1.165, 1.54) is 11.1 Å². The summed E-state index contributed by atoms with van der Waals surface area (Å²) in [6.07, 6.45) is 2.32. The lowest BCUT2D eigenvalue weighted by molar-refractivity contribution is 0.0787. The summed E-state index contributed by atoms with van der Waals surface area (Å²) in [4.78, 5) is 2.56. The molecular weight excluding hydrogens is 236 g/mol. The number of piperazine rings is 1. The average Bonchev–Trinajstić information content (AvgIpc) is 3.29. The summed E-state index contributed by atoms with van der Waals surface area (Å²) in [6, 6.07) is 9.49. The van der Waals surface area contributed by atoms with Crippen LogP contribution < -0.4 is 5.32 Å². The average molecular weight is 260 g/mol. The van der Waals surface area contributed by atoms with E-state index in [1.54, 1.807) is 0 Å². The normalized spacial score (nSPS) is 24.1. The van der Waals surface area contributed by atoms with Gasteiger partial charge in [-0.1, -0.05) is 24.3 Å². The van der Waals surface area contributed by atoms with Crippen LogP contribution in [0.5, 0.6) is 0 Å². The van der Waals surface area contributed by atoms with E-state index in [2.05, 4.69) is 41.4 Å². The maximum absolute atomic E-state index is 5.69. The first-order valence-electron chi connectivity index (χ1n) is 7.35. The van der Waals surface area contributed by atoms with Gasteiger partial charge in [-0.25, -0.2) is 0 Å². The number of rotatable bonds is 4. The van der Waals surface area contributed by atoms with Crippen LogP contribution in [0.3, 0.4) is 0 Å². The molecular formula is C16H24N2O. The second-order valence-corrected chi connectivity index (χ2v) is 5.79. The second-order valence-electron chi connectivity index (χ2n) is 5.79. The standard InChI is InChI=1S/C16H24N2O/c1-13(18-10-8-17-9-11-18)14-4-3-5-15(12-14)16(19-2)6-7-16/h3-5,12-13,17H,6-11H2,1-2H3. The molecule has 19 heavy (non-hydrogen) atoms. The van der Waals surface area contributed by atoms with Crippen molar-refractivity contribution in [3.8, 4) is 0 Å². The summed E-state index contributed by atoms with van der Waals surface area (Å²) in [5.74, 6) is 0. The van der Waals surface area contributed by atoms with Crippen molar-refractivity contribution >= 4 is 0 Å². The smallest absolute Gasteiger partial charge is 0.0930 e. The van der Waals surface area contributed by atoms with Gasteiger partial charge in [0.1, 0.15) is 0 Å². The highest BCUT2D eigenvalue weighted by Gasteiger charge is 2.44. The summed E-state index contributed by atoms with van der Waals surface area (Å²) >= 11 is 0. The molecule has 0 bridgehead atoms. The Kier molecular flexibility index (Phi) is 3.61. The molecule has 1 unspecified atom stereocenters. The Morgan fingerprint density at radius 3 is 2.63 bits per heavy atom.